The average Bonchev–Trinajstić information content (AvgIpc) is 0. The molecule has 15 radical (unpaired) electrons. The molecule has 0 saturated heterocycles. The fourth-order valence-corrected chi connectivity index (χ4v) is 0. The second-order valence-electron chi connectivity index (χ2n) is 0. The molecule has 0 bridgehead atoms. The molecule has 0 spiro atoms. The summed E-state index contributed by atoms with van der Waals surface area (Å²) in [4.78, 5) is 0. The van der Waals surface area contributed by atoms with Crippen LogP contribution in [0.5, 0.6) is 0 Å². The maximum atomic E-state index is 0. The molecule has 0 heterocycles. The van der Waals surface area contributed by atoms with Gasteiger partial charge in [0.1, 0.15) is 0 Å². The molecule has 0 unspecified atom stereocenters. The van der Waals surface area contributed by atoms with Gasteiger partial charge in [0.25, 0.3) is 0 Å². The van der Waals surface area contributed by atoms with Crippen molar-refractivity contribution >= 4 is 86.3 Å². The van der Waals surface area contributed by atoms with Crippen LogP contribution in [0.1, 0.15) is 1.43 Å². The van der Waals surface area contributed by atoms with Gasteiger partial charge >= 0.3 is 58.2 Å². The van der Waals surface area contributed by atoms with E-state index in [2.05, 4.69) is 0 Å². The van der Waals surface area contributed by atoms with Crippen LogP contribution in [0.3, 0.4) is 0 Å². The average molecular weight is 1570 g/mol. The van der Waals surface area contributed by atoms with Crippen molar-refractivity contribution in [1.29, 1.82) is 0 Å². The maximum Gasteiger partial charge on any atom is 1.00 e. The van der Waals surface area contributed by atoms with Crippen molar-refractivity contribution in [1.82, 2.24) is 0 Å². The molecule has 0 fully saturated rings. The van der Waals surface area contributed by atoms with Gasteiger partial charge in [-0.1, -0.05) is 0 Å². The smallest absolute Gasteiger partial charge is 1.00 e. The quantitative estimate of drug-likeness (QED) is 0.216. The van der Waals surface area contributed by atoms with Crippen molar-refractivity contribution in [3.63, 3.8) is 0 Å². The van der Waals surface area contributed by atoms with E-state index >= 15 is 0 Å². The van der Waals surface area contributed by atoms with Gasteiger partial charge in [-0.15, -0.1) is 0 Å². The summed E-state index contributed by atoms with van der Waals surface area (Å²) in [6.07, 6.45) is 0. The normalized spacial score (nSPS) is 0. The van der Waals surface area contributed by atoms with E-state index in [0.717, 1.165) is 0 Å². The third kappa shape index (κ3) is 85.3. The molecule has 0 N–H and O–H groups in total. The number of hydrogen-bond donors (Lipinski definition) is 0. The van der Waals surface area contributed by atoms with Crippen molar-refractivity contribution in [2.75, 3.05) is 0 Å². The van der Waals surface area contributed by atoms with E-state index in [9.17, 15) is 0 Å². The molecular formula is HBBiHfLaNbRbReSbTaTiTlVZn. The van der Waals surface area contributed by atoms with Gasteiger partial charge in [-0.3, -0.25) is 0 Å². The third-order valence-electron chi connectivity index (χ3n) is 0. The Morgan fingerprint density at radius 2 is 1.08 bits per heavy atom. The monoisotopic (exact) mass is 1570 g/mol. The van der Waals surface area contributed by atoms with Gasteiger partial charge in [0.15, 0.2) is 0 Å². The van der Waals surface area contributed by atoms with Crippen LogP contribution in [0.4, 0.5) is 0 Å². The Labute approximate surface area is 322 Å². The summed E-state index contributed by atoms with van der Waals surface area (Å²) < 4.78 is 0. The standard InChI is InChI=1S/B.Bi.Hf.La.Nb.Rb.Re.Sb.Ta.Ti.Tl.V.Zn.H/q;;;;;+1;;;;;;;;-1. The van der Waals surface area contributed by atoms with Crippen LogP contribution < -0.4 is 58.2 Å². The predicted molar refractivity (Wildman–Crippen MR) is 24.1 cm³/mol. The van der Waals surface area contributed by atoms with Crippen LogP contribution in [0.25, 0.3) is 0 Å². The van der Waals surface area contributed by atoms with Crippen LogP contribution in [0, 0.1) is 35.6 Å². The van der Waals surface area contributed by atoms with E-state index in [-0.39, 0.29) is 332 Å². The molecule has 0 aliphatic carbocycles. The third-order valence-corrected chi connectivity index (χ3v) is 0. The molecule has 0 amide bonds. The zero-order valence-electron chi connectivity index (χ0n) is 8.05. The summed E-state index contributed by atoms with van der Waals surface area (Å²) in [6, 6.07) is 0. The molecule has 0 aromatic rings. The summed E-state index contributed by atoms with van der Waals surface area (Å²) >= 11 is 0. The van der Waals surface area contributed by atoms with Gasteiger partial charge in [-0.2, -0.15) is 0 Å². The maximum absolute atomic E-state index is 0. The Hall–Kier alpha value is 10.6. The second-order valence-corrected chi connectivity index (χ2v) is 0. The molecule has 0 nitrogen and oxygen atoms in total. The van der Waals surface area contributed by atoms with Gasteiger partial charge in [0, 0.05) is 273 Å². The summed E-state index contributed by atoms with van der Waals surface area (Å²) in [7, 11) is 0. The Kier molecular flexibility index (Phi) is 772. The molecule has 13 heteroatoms. The molecule has 0 aliphatic heterocycles. The van der Waals surface area contributed by atoms with E-state index in [1.54, 1.807) is 0 Å². The Balaban J connectivity index is 0. The molecule has 0 aromatic carbocycles. The van der Waals surface area contributed by atoms with E-state index in [1.165, 1.54) is 0 Å². The first-order valence-electron chi connectivity index (χ1n) is 0. The first-order valence-corrected chi connectivity index (χ1v) is 0. The van der Waals surface area contributed by atoms with E-state index in [1.807, 2.05) is 0 Å². The second kappa shape index (κ2) is 93.7. The molecule has 0 rings (SSSR count). The van der Waals surface area contributed by atoms with Crippen LogP contribution in [-0.4, -0.2) is 86.3 Å². The first-order chi connectivity index (χ1) is 0. The van der Waals surface area contributed by atoms with Crippen LogP contribution in [0.15, 0.2) is 0 Å². The number of hydrogen-bond acceptors (Lipinski definition) is 0. The van der Waals surface area contributed by atoms with Crippen LogP contribution in [0.2, 0.25) is 0 Å². The fourth-order valence-electron chi connectivity index (χ4n) is 0. The fraction of sp³-hybridized carbons (Fsp3) is 0. The Morgan fingerprint density at radius 1 is 1.08 bits per heavy atom. The SMILES string of the molecule is [B].[Bi].[H-].[Hf].[La].[Nb].[Rb+].[Re].[Sb].[Ta].[Ti].[Tl].[V].[Zn]. The van der Waals surface area contributed by atoms with Gasteiger partial charge in [-0.25, -0.2) is 0 Å². The van der Waals surface area contributed by atoms with Crippen LogP contribution in [-0.2, 0) is 151 Å². The molecule has 13 heavy (non-hydrogen) atoms. The minimum absolute atomic E-state index is 0. The topological polar surface area (TPSA) is 0 Å². The van der Waals surface area contributed by atoms with Crippen molar-refractivity contribution in [3.8, 4) is 0 Å². The van der Waals surface area contributed by atoms with E-state index in [0.29, 0.717) is 0 Å². The predicted octanol–water partition coefficient (Wildman–Crippen LogP) is -4.42. The van der Waals surface area contributed by atoms with Gasteiger partial charge in [0.2, 0.25) is 0 Å². The van der Waals surface area contributed by atoms with Crippen molar-refractivity contribution in [3.05, 3.63) is 0 Å². The first kappa shape index (κ1) is 107. The minimum atomic E-state index is 0. The van der Waals surface area contributed by atoms with E-state index in [4.69, 9.17) is 0 Å². The van der Waals surface area contributed by atoms with Gasteiger partial charge in [-0.05, 0) is 0 Å². The zero-order chi connectivity index (χ0) is 0. The summed E-state index contributed by atoms with van der Waals surface area (Å²) in [5, 5.41) is 0. The summed E-state index contributed by atoms with van der Waals surface area (Å²) in [5.41, 5.74) is 0. The minimum Gasteiger partial charge on any atom is -1.00 e. The molecule has 0 atom stereocenters. The molecule has 53 valence electrons. The van der Waals surface area contributed by atoms with Crippen LogP contribution >= 0.6 is 0 Å². The Bertz CT molecular complexity index is 53.3. The van der Waals surface area contributed by atoms with Gasteiger partial charge in [0.05, 0.1) is 0 Å². The Morgan fingerprint density at radius 3 is 1.08 bits per heavy atom. The summed E-state index contributed by atoms with van der Waals surface area (Å²) in [5.74, 6) is 0. The molecule has 0 saturated carbocycles. The number of rotatable bonds is 0. The van der Waals surface area contributed by atoms with Gasteiger partial charge < -0.3 is 1.43 Å². The molecular weight excluding hydrogens is 1570 g/mol. The molecule has 0 aromatic heterocycles. The summed E-state index contributed by atoms with van der Waals surface area (Å²) in [6.45, 7) is 0. The van der Waals surface area contributed by atoms with Crippen molar-refractivity contribution < 1.29 is 246 Å². The van der Waals surface area contributed by atoms with E-state index < -0.39 is 0 Å². The van der Waals surface area contributed by atoms with Crippen molar-refractivity contribution in [2.45, 2.75) is 0 Å². The molecule has 0 aliphatic rings. The zero-order valence-corrected chi connectivity index (χ0v) is 43.8. The largest absolute Gasteiger partial charge is 1.00 e. The van der Waals surface area contributed by atoms with Crippen molar-refractivity contribution in [2.24, 2.45) is 0 Å².